The molecule has 0 unspecified atom stereocenters. The van der Waals surface area contributed by atoms with Crippen molar-refractivity contribution in [3.05, 3.63) is 44.0 Å². The van der Waals surface area contributed by atoms with Crippen LogP contribution in [0, 0.1) is 0 Å². The molecule has 2 aromatic rings. The number of ether oxygens (including phenoxy) is 1. The number of anilines is 1. The second-order valence-electron chi connectivity index (χ2n) is 3.77. The van der Waals surface area contributed by atoms with Gasteiger partial charge in [-0.3, -0.25) is 0 Å². The van der Waals surface area contributed by atoms with Gasteiger partial charge in [0.05, 0.1) is 10.7 Å². The summed E-state index contributed by atoms with van der Waals surface area (Å²) in [6, 6.07) is 6.16. The molecule has 0 radical (unpaired) electrons. The third-order valence-electron chi connectivity index (χ3n) is 2.24. The summed E-state index contributed by atoms with van der Waals surface area (Å²) in [6.07, 6.45) is -4.73. The third kappa shape index (κ3) is 4.57. The van der Waals surface area contributed by atoms with E-state index in [4.69, 9.17) is 11.6 Å². The topological polar surface area (TPSA) is 21.3 Å². The van der Waals surface area contributed by atoms with E-state index < -0.39 is 6.36 Å². The van der Waals surface area contributed by atoms with Gasteiger partial charge in [-0.15, -0.1) is 24.5 Å². The molecule has 1 aromatic heterocycles. The van der Waals surface area contributed by atoms with Crippen molar-refractivity contribution in [1.82, 2.24) is 0 Å². The summed E-state index contributed by atoms with van der Waals surface area (Å²) in [4.78, 5) is 0.913. The van der Waals surface area contributed by atoms with Crippen molar-refractivity contribution in [2.75, 3.05) is 5.32 Å². The highest BCUT2D eigenvalue weighted by Crippen LogP contribution is 2.33. The minimum absolute atomic E-state index is 0.259. The highest BCUT2D eigenvalue weighted by Gasteiger charge is 2.32. The third-order valence-corrected chi connectivity index (χ3v) is 4.02. The molecule has 1 heterocycles. The number of rotatable bonds is 4. The number of nitrogens with one attached hydrogen (secondary N) is 1. The Bertz CT molecular complexity index is 603. The summed E-state index contributed by atoms with van der Waals surface area (Å²) in [6.45, 7) is 0.368. The summed E-state index contributed by atoms with van der Waals surface area (Å²) in [7, 11) is 0. The van der Waals surface area contributed by atoms with Gasteiger partial charge in [0.1, 0.15) is 0 Å². The van der Waals surface area contributed by atoms with Crippen molar-refractivity contribution in [3.8, 4) is 5.75 Å². The van der Waals surface area contributed by atoms with Gasteiger partial charge < -0.3 is 10.1 Å². The molecular weight excluding hydrogens is 379 g/mol. The molecule has 0 aliphatic heterocycles. The van der Waals surface area contributed by atoms with Gasteiger partial charge in [0.2, 0.25) is 0 Å². The smallest absolute Gasteiger partial charge is 0.404 e. The average Bonchev–Trinajstić information content (AvgIpc) is 2.72. The molecule has 2 nitrogen and oxygen atoms in total. The van der Waals surface area contributed by atoms with Crippen LogP contribution in [0.2, 0.25) is 5.02 Å². The Morgan fingerprint density at radius 1 is 1.30 bits per heavy atom. The monoisotopic (exact) mass is 385 g/mol. The molecule has 0 aliphatic rings. The quantitative estimate of drug-likeness (QED) is 0.730. The maximum Gasteiger partial charge on any atom is 0.573 e. The molecule has 1 N–H and O–H groups in total. The Balaban J connectivity index is 2.14. The Kier molecular flexibility index (Phi) is 4.82. The normalized spacial score (nSPS) is 11.4. The highest BCUT2D eigenvalue weighted by atomic mass is 79.9. The Morgan fingerprint density at radius 3 is 2.65 bits per heavy atom. The first-order valence-electron chi connectivity index (χ1n) is 5.35. The molecule has 20 heavy (non-hydrogen) atoms. The van der Waals surface area contributed by atoms with Gasteiger partial charge in [0, 0.05) is 21.3 Å². The molecule has 0 aliphatic carbocycles. The van der Waals surface area contributed by atoms with Gasteiger partial charge in [0.15, 0.2) is 5.75 Å². The molecule has 0 saturated heterocycles. The van der Waals surface area contributed by atoms with Crippen LogP contribution in [0.3, 0.4) is 0 Å². The number of halogens is 5. The fraction of sp³-hybridized carbons (Fsp3) is 0.167. The van der Waals surface area contributed by atoms with E-state index in [2.05, 4.69) is 26.0 Å². The number of benzene rings is 1. The minimum Gasteiger partial charge on any atom is -0.404 e. The summed E-state index contributed by atoms with van der Waals surface area (Å²) >= 11 is 10.3. The SMILES string of the molecule is FC(F)(F)Oc1cc(Br)ccc1NCc1cc(Cl)cs1. The van der Waals surface area contributed by atoms with Crippen LogP contribution in [0.4, 0.5) is 18.9 Å². The van der Waals surface area contributed by atoms with Crippen molar-refractivity contribution in [2.24, 2.45) is 0 Å². The average molecular weight is 387 g/mol. The molecule has 0 amide bonds. The summed E-state index contributed by atoms with van der Waals surface area (Å²) in [5.41, 5.74) is 0.259. The van der Waals surface area contributed by atoms with Gasteiger partial charge in [-0.1, -0.05) is 27.5 Å². The Labute approximate surface area is 130 Å². The molecule has 108 valence electrons. The molecule has 0 bridgehead atoms. The van der Waals surface area contributed by atoms with E-state index in [1.165, 1.54) is 23.5 Å². The molecule has 0 saturated carbocycles. The lowest BCUT2D eigenvalue weighted by atomic mass is 10.3. The number of hydrogen-bond acceptors (Lipinski definition) is 3. The van der Waals surface area contributed by atoms with E-state index in [-0.39, 0.29) is 11.4 Å². The Morgan fingerprint density at radius 2 is 2.05 bits per heavy atom. The Hall–Kier alpha value is -0.920. The molecule has 1 aromatic carbocycles. The van der Waals surface area contributed by atoms with E-state index in [0.717, 1.165) is 4.88 Å². The zero-order valence-corrected chi connectivity index (χ0v) is 13.0. The molecule has 0 atom stereocenters. The maximum absolute atomic E-state index is 12.3. The lowest BCUT2D eigenvalue weighted by Crippen LogP contribution is -2.18. The standard InChI is InChI=1S/C12H8BrClF3NOS/c13-7-1-2-10(11(3-7)19-12(15,16)17)18-5-9-4-8(14)6-20-9/h1-4,6,18H,5H2. The minimum atomic E-state index is -4.73. The summed E-state index contributed by atoms with van der Waals surface area (Å²) in [5.74, 6) is -0.283. The van der Waals surface area contributed by atoms with Crippen LogP contribution < -0.4 is 10.1 Å². The summed E-state index contributed by atoms with van der Waals surface area (Å²) in [5, 5.41) is 5.26. The van der Waals surface area contributed by atoms with Gasteiger partial charge >= 0.3 is 6.36 Å². The first kappa shape index (κ1) is 15.5. The molecule has 8 heteroatoms. The van der Waals surface area contributed by atoms with Crippen LogP contribution in [0.1, 0.15) is 4.88 Å². The number of hydrogen-bond donors (Lipinski definition) is 1. The fourth-order valence-electron chi connectivity index (χ4n) is 1.48. The van der Waals surface area contributed by atoms with Crippen LogP contribution in [0.15, 0.2) is 34.1 Å². The van der Waals surface area contributed by atoms with E-state index >= 15 is 0 Å². The first-order valence-corrected chi connectivity index (χ1v) is 7.40. The predicted molar refractivity (Wildman–Crippen MR) is 77.5 cm³/mol. The second-order valence-corrected chi connectivity index (χ2v) is 6.12. The maximum atomic E-state index is 12.3. The first-order chi connectivity index (χ1) is 9.33. The number of thiophene rings is 1. The lowest BCUT2D eigenvalue weighted by molar-refractivity contribution is -0.274. The lowest BCUT2D eigenvalue weighted by Gasteiger charge is -2.14. The van der Waals surface area contributed by atoms with Crippen LogP contribution in [0.5, 0.6) is 5.75 Å². The van der Waals surface area contributed by atoms with E-state index in [1.807, 2.05) is 0 Å². The van der Waals surface area contributed by atoms with Gasteiger partial charge in [-0.05, 0) is 24.3 Å². The van der Waals surface area contributed by atoms with Crippen LogP contribution in [0.25, 0.3) is 0 Å². The van der Waals surface area contributed by atoms with Crippen LogP contribution in [-0.2, 0) is 6.54 Å². The molecular formula is C12H8BrClF3NOS. The van der Waals surface area contributed by atoms with Gasteiger partial charge in [-0.25, -0.2) is 0 Å². The summed E-state index contributed by atoms with van der Waals surface area (Å²) < 4.78 is 41.5. The van der Waals surface area contributed by atoms with Crippen LogP contribution in [-0.4, -0.2) is 6.36 Å². The number of alkyl halides is 3. The van der Waals surface area contributed by atoms with E-state index in [0.29, 0.717) is 16.0 Å². The second kappa shape index (κ2) is 6.24. The zero-order chi connectivity index (χ0) is 14.8. The molecule has 0 spiro atoms. The van der Waals surface area contributed by atoms with Crippen molar-refractivity contribution in [2.45, 2.75) is 12.9 Å². The van der Waals surface area contributed by atoms with E-state index in [1.54, 1.807) is 17.5 Å². The van der Waals surface area contributed by atoms with Crippen LogP contribution >= 0.6 is 38.9 Å². The van der Waals surface area contributed by atoms with Crippen molar-refractivity contribution in [1.29, 1.82) is 0 Å². The van der Waals surface area contributed by atoms with E-state index in [9.17, 15) is 13.2 Å². The van der Waals surface area contributed by atoms with Crippen molar-refractivity contribution < 1.29 is 17.9 Å². The van der Waals surface area contributed by atoms with Gasteiger partial charge in [-0.2, -0.15) is 0 Å². The zero-order valence-electron chi connectivity index (χ0n) is 9.80. The fourth-order valence-corrected chi connectivity index (χ4v) is 2.83. The highest BCUT2D eigenvalue weighted by molar-refractivity contribution is 9.10. The molecule has 0 fully saturated rings. The van der Waals surface area contributed by atoms with Gasteiger partial charge in [0.25, 0.3) is 0 Å². The largest absolute Gasteiger partial charge is 0.573 e. The molecule has 2 rings (SSSR count). The predicted octanol–water partition coefficient (Wildman–Crippen LogP) is 5.67. The van der Waals surface area contributed by atoms with Crippen molar-refractivity contribution >= 4 is 44.6 Å². The van der Waals surface area contributed by atoms with Crippen molar-refractivity contribution in [3.63, 3.8) is 0 Å².